The van der Waals surface area contributed by atoms with Crippen LogP contribution in [0, 0.1) is 0 Å². The predicted molar refractivity (Wildman–Crippen MR) is 70.7 cm³/mol. The second-order valence-electron chi connectivity index (χ2n) is 3.75. The van der Waals surface area contributed by atoms with E-state index in [9.17, 15) is 0 Å². The van der Waals surface area contributed by atoms with Crippen LogP contribution in [0.5, 0.6) is 11.5 Å². The lowest BCUT2D eigenvalue weighted by Crippen LogP contribution is -2.14. The van der Waals surface area contributed by atoms with Gasteiger partial charge in [0.1, 0.15) is 18.1 Å². The van der Waals surface area contributed by atoms with Gasteiger partial charge < -0.3 is 14.8 Å². The maximum absolute atomic E-state index is 5.62. The Bertz CT molecular complexity index is 350. The summed E-state index contributed by atoms with van der Waals surface area (Å²) in [5, 5.41) is 3.36. The highest BCUT2D eigenvalue weighted by atomic mass is 16.5. The molecule has 0 saturated carbocycles. The van der Waals surface area contributed by atoms with E-state index in [1.807, 2.05) is 18.2 Å². The van der Waals surface area contributed by atoms with Crippen LogP contribution in [-0.4, -0.2) is 20.3 Å². The van der Waals surface area contributed by atoms with E-state index >= 15 is 0 Å². The maximum Gasteiger partial charge on any atom is 0.127 e. The standard InChI is InChI=1S/C14H21NO2/c1-4-8-15-11-12-6-7-13(16-3)10-14(12)17-9-5-2/h5-7,10,15H,2,4,8-9,11H2,1,3H3. The van der Waals surface area contributed by atoms with Crippen LogP contribution in [0.1, 0.15) is 18.9 Å². The van der Waals surface area contributed by atoms with Crippen molar-refractivity contribution in [1.29, 1.82) is 0 Å². The molecule has 1 aromatic rings. The summed E-state index contributed by atoms with van der Waals surface area (Å²) in [6.07, 6.45) is 2.86. The molecule has 1 N–H and O–H groups in total. The van der Waals surface area contributed by atoms with Crippen LogP contribution in [0.2, 0.25) is 0 Å². The van der Waals surface area contributed by atoms with Crippen molar-refractivity contribution >= 4 is 0 Å². The quantitative estimate of drug-likeness (QED) is 0.555. The molecule has 0 aliphatic carbocycles. The Labute approximate surface area is 103 Å². The van der Waals surface area contributed by atoms with Crippen molar-refractivity contribution in [3.63, 3.8) is 0 Å². The highest BCUT2D eigenvalue weighted by molar-refractivity contribution is 5.40. The van der Waals surface area contributed by atoms with E-state index in [-0.39, 0.29) is 0 Å². The minimum Gasteiger partial charge on any atom is -0.497 e. The van der Waals surface area contributed by atoms with Crippen LogP contribution in [0.25, 0.3) is 0 Å². The number of hydrogen-bond acceptors (Lipinski definition) is 3. The van der Waals surface area contributed by atoms with Gasteiger partial charge in [-0.15, -0.1) is 0 Å². The summed E-state index contributed by atoms with van der Waals surface area (Å²) in [4.78, 5) is 0. The summed E-state index contributed by atoms with van der Waals surface area (Å²) in [7, 11) is 1.65. The minimum absolute atomic E-state index is 0.508. The molecule has 3 nitrogen and oxygen atoms in total. The normalized spacial score (nSPS) is 10.0. The second-order valence-corrected chi connectivity index (χ2v) is 3.75. The molecule has 1 aromatic carbocycles. The average Bonchev–Trinajstić information content (AvgIpc) is 2.37. The van der Waals surface area contributed by atoms with E-state index in [4.69, 9.17) is 9.47 Å². The molecule has 0 spiro atoms. The van der Waals surface area contributed by atoms with Crippen LogP contribution < -0.4 is 14.8 Å². The van der Waals surface area contributed by atoms with Gasteiger partial charge in [-0.25, -0.2) is 0 Å². The summed E-state index contributed by atoms with van der Waals surface area (Å²) < 4.78 is 10.8. The Morgan fingerprint density at radius 1 is 1.41 bits per heavy atom. The number of hydrogen-bond donors (Lipinski definition) is 1. The molecule has 3 heteroatoms. The summed E-state index contributed by atoms with van der Waals surface area (Å²) in [5.41, 5.74) is 1.14. The van der Waals surface area contributed by atoms with Crippen molar-refractivity contribution in [2.75, 3.05) is 20.3 Å². The second kappa shape index (κ2) is 7.74. The van der Waals surface area contributed by atoms with Gasteiger partial charge in [-0.3, -0.25) is 0 Å². The molecule has 0 aliphatic heterocycles. The van der Waals surface area contributed by atoms with Crippen LogP contribution in [0.15, 0.2) is 30.9 Å². The number of benzene rings is 1. The maximum atomic E-state index is 5.62. The third-order valence-corrected chi connectivity index (χ3v) is 2.37. The third kappa shape index (κ3) is 4.49. The van der Waals surface area contributed by atoms with E-state index in [1.54, 1.807) is 13.2 Å². The van der Waals surface area contributed by atoms with Gasteiger partial charge in [0.25, 0.3) is 0 Å². The molecule has 17 heavy (non-hydrogen) atoms. The van der Waals surface area contributed by atoms with E-state index in [0.29, 0.717) is 6.61 Å². The first kappa shape index (κ1) is 13.6. The van der Waals surface area contributed by atoms with Crippen LogP contribution >= 0.6 is 0 Å². The van der Waals surface area contributed by atoms with Crippen LogP contribution in [0.4, 0.5) is 0 Å². The lowest BCUT2D eigenvalue weighted by Gasteiger charge is -2.12. The molecule has 0 amide bonds. The molecule has 94 valence electrons. The van der Waals surface area contributed by atoms with Crippen molar-refractivity contribution in [1.82, 2.24) is 5.32 Å². The molecule has 0 saturated heterocycles. The topological polar surface area (TPSA) is 30.5 Å². The summed E-state index contributed by atoms with van der Waals surface area (Å²) in [6, 6.07) is 5.89. The van der Waals surface area contributed by atoms with Gasteiger partial charge in [-0.05, 0) is 19.0 Å². The largest absolute Gasteiger partial charge is 0.497 e. The zero-order chi connectivity index (χ0) is 12.5. The van der Waals surface area contributed by atoms with Gasteiger partial charge in [0.15, 0.2) is 0 Å². The highest BCUT2D eigenvalue weighted by Gasteiger charge is 2.05. The highest BCUT2D eigenvalue weighted by Crippen LogP contribution is 2.24. The molecule has 1 rings (SSSR count). The lowest BCUT2D eigenvalue weighted by atomic mass is 10.2. The molecular formula is C14H21NO2. The van der Waals surface area contributed by atoms with Crippen molar-refractivity contribution < 1.29 is 9.47 Å². The van der Waals surface area contributed by atoms with Gasteiger partial charge in [-0.1, -0.05) is 25.6 Å². The molecule has 0 bridgehead atoms. The molecule has 0 unspecified atom stereocenters. The minimum atomic E-state index is 0.508. The van der Waals surface area contributed by atoms with Crippen molar-refractivity contribution in [3.8, 4) is 11.5 Å². The first-order chi connectivity index (χ1) is 8.31. The summed E-state index contributed by atoms with van der Waals surface area (Å²) in [6.45, 7) is 8.13. The number of methoxy groups -OCH3 is 1. The zero-order valence-corrected chi connectivity index (χ0v) is 10.7. The molecular weight excluding hydrogens is 214 g/mol. The van der Waals surface area contributed by atoms with Gasteiger partial charge in [-0.2, -0.15) is 0 Å². The van der Waals surface area contributed by atoms with Crippen molar-refractivity contribution in [3.05, 3.63) is 36.4 Å². The third-order valence-electron chi connectivity index (χ3n) is 2.37. The first-order valence-corrected chi connectivity index (χ1v) is 5.93. The molecule has 0 fully saturated rings. The van der Waals surface area contributed by atoms with Crippen LogP contribution in [-0.2, 0) is 6.54 Å². The molecule has 0 atom stereocenters. The van der Waals surface area contributed by atoms with Gasteiger partial charge in [0, 0.05) is 18.2 Å². The molecule has 0 radical (unpaired) electrons. The Morgan fingerprint density at radius 3 is 2.88 bits per heavy atom. The van der Waals surface area contributed by atoms with Crippen molar-refractivity contribution in [2.24, 2.45) is 0 Å². The predicted octanol–water partition coefficient (Wildman–Crippen LogP) is 2.76. The van der Waals surface area contributed by atoms with Crippen molar-refractivity contribution in [2.45, 2.75) is 19.9 Å². The molecule has 0 aliphatic rings. The van der Waals surface area contributed by atoms with Crippen LogP contribution in [0.3, 0.4) is 0 Å². The number of nitrogens with one attached hydrogen (secondary N) is 1. The van der Waals surface area contributed by atoms with Gasteiger partial charge in [0.2, 0.25) is 0 Å². The van der Waals surface area contributed by atoms with Gasteiger partial charge in [0.05, 0.1) is 7.11 Å². The van der Waals surface area contributed by atoms with E-state index in [1.165, 1.54) is 0 Å². The average molecular weight is 235 g/mol. The molecule has 0 heterocycles. The fourth-order valence-corrected chi connectivity index (χ4v) is 1.49. The Morgan fingerprint density at radius 2 is 2.24 bits per heavy atom. The summed E-state index contributed by atoms with van der Waals surface area (Å²) in [5.74, 6) is 1.66. The Hall–Kier alpha value is -1.48. The fraction of sp³-hybridized carbons (Fsp3) is 0.429. The lowest BCUT2D eigenvalue weighted by molar-refractivity contribution is 0.352. The monoisotopic (exact) mass is 235 g/mol. The zero-order valence-electron chi connectivity index (χ0n) is 10.7. The Balaban J connectivity index is 2.74. The fourth-order valence-electron chi connectivity index (χ4n) is 1.49. The molecule has 0 aromatic heterocycles. The van der Waals surface area contributed by atoms with E-state index in [2.05, 4.69) is 18.8 Å². The van der Waals surface area contributed by atoms with E-state index in [0.717, 1.165) is 36.6 Å². The first-order valence-electron chi connectivity index (χ1n) is 5.93. The van der Waals surface area contributed by atoms with E-state index < -0.39 is 0 Å². The smallest absolute Gasteiger partial charge is 0.127 e. The number of rotatable bonds is 8. The summed E-state index contributed by atoms with van der Waals surface area (Å²) >= 11 is 0. The van der Waals surface area contributed by atoms with Gasteiger partial charge >= 0.3 is 0 Å². The Kier molecular flexibility index (Phi) is 6.18. The SMILES string of the molecule is C=CCOc1cc(OC)ccc1CNCCC. The number of ether oxygens (including phenoxy) is 2.